The van der Waals surface area contributed by atoms with Crippen LogP contribution in [0.15, 0.2) is 24.3 Å². The Labute approximate surface area is 117 Å². The van der Waals surface area contributed by atoms with Gasteiger partial charge in [0.25, 0.3) is 0 Å². The summed E-state index contributed by atoms with van der Waals surface area (Å²) in [4.78, 5) is 4.24. The van der Waals surface area contributed by atoms with Crippen LogP contribution in [0.5, 0.6) is 0 Å². The molecule has 1 aliphatic rings. The lowest BCUT2D eigenvalue weighted by Crippen LogP contribution is -2.49. The standard InChI is InChI=1S/C14H20F3N3/c1-11(18)10-19-5-7-20(8-6-19)13-4-2-3-12(9-13)14(15,16)17/h2-4,9,11H,5-8,10,18H2,1H3/t11-/m1/s1. The topological polar surface area (TPSA) is 32.5 Å². The van der Waals surface area contributed by atoms with Gasteiger partial charge in [-0.25, -0.2) is 0 Å². The molecule has 3 nitrogen and oxygen atoms in total. The first-order valence-electron chi connectivity index (χ1n) is 6.76. The molecule has 0 amide bonds. The van der Waals surface area contributed by atoms with E-state index < -0.39 is 11.7 Å². The third kappa shape index (κ3) is 3.86. The maximum atomic E-state index is 12.7. The minimum Gasteiger partial charge on any atom is -0.369 e. The molecule has 0 aliphatic carbocycles. The van der Waals surface area contributed by atoms with Crippen molar-refractivity contribution >= 4 is 5.69 Å². The average Bonchev–Trinajstić information content (AvgIpc) is 2.38. The van der Waals surface area contributed by atoms with E-state index in [0.717, 1.165) is 38.8 Å². The zero-order valence-corrected chi connectivity index (χ0v) is 11.5. The minimum absolute atomic E-state index is 0.120. The second-order valence-electron chi connectivity index (χ2n) is 5.31. The summed E-state index contributed by atoms with van der Waals surface area (Å²) < 4.78 is 38.1. The molecule has 0 spiro atoms. The fraction of sp³-hybridized carbons (Fsp3) is 0.571. The highest BCUT2D eigenvalue weighted by molar-refractivity contribution is 5.49. The van der Waals surface area contributed by atoms with E-state index in [1.807, 2.05) is 11.8 Å². The highest BCUT2D eigenvalue weighted by Gasteiger charge is 2.31. The molecule has 0 saturated carbocycles. The second kappa shape index (κ2) is 6.01. The summed E-state index contributed by atoms with van der Waals surface area (Å²) >= 11 is 0. The highest BCUT2D eigenvalue weighted by Crippen LogP contribution is 2.31. The maximum Gasteiger partial charge on any atom is 0.416 e. The Kier molecular flexibility index (Phi) is 4.55. The number of halogens is 3. The molecule has 0 bridgehead atoms. The van der Waals surface area contributed by atoms with Crippen LogP contribution in [-0.4, -0.2) is 43.7 Å². The third-order valence-electron chi connectivity index (χ3n) is 3.46. The average molecular weight is 287 g/mol. The van der Waals surface area contributed by atoms with Gasteiger partial charge in [0.15, 0.2) is 0 Å². The van der Waals surface area contributed by atoms with E-state index in [0.29, 0.717) is 5.69 Å². The van der Waals surface area contributed by atoms with Crippen LogP contribution in [0.2, 0.25) is 0 Å². The van der Waals surface area contributed by atoms with Crippen molar-refractivity contribution in [1.82, 2.24) is 4.90 Å². The summed E-state index contributed by atoms with van der Waals surface area (Å²) in [5.74, 6) is 0. The van der Waals surface area contributed by atoms with Crippen LogP contribution in [0.4, 0.5) is 18.9 Å². The lowest BCUT2D eigenvalue weighted by Gasteiger charge is -2.37. The van der Waals surface area contributed by atoms with Crippen LogP contribution >= 0.6 is 0 Å². The molecule has 1 aromatic rings. The normalized spacial score (nSPS) is 19.1. The van der Waals surface area contributed by atoms with Crippen molar-refractivity contribution in [2.75, 3.05) is 37.6 Å². The van der Waals surface area contributed by atoms with Crippen LogP contribution < -0.4 is 10.6 Å². The Morgan fingerprint density at radius 3 is 2.40 bits per heavy atom. The largest absolute Gasteiger partial charge is 0.416 e. The van der Waals surface area contributed by atoms with Crippen LogP contribution in [0.3, 0.4) is 0 Å². The molecule has 20 heavy (non-hydrogen) atoms. The van der Waals surface area contributed by atoms with Gasteiger partial charge in [-0.3, -0.25) is 4.90 Å². The van der Waals surface area contributed by atoms with Gasteiger partial charge < -0.3 is 10.6 Å². The first-order chi connectivity index (χ1) is 9.36. The van der Waals surface area contributed by atoms with Gasteiger partial charge in [0, 0.05) is 44.5 Å². The minimum atomic E-state index is -4.28. The van der Waals surface area contributed by atoms with Crippen molar-refractivity contribution in [3.05, 3.63) is 29.8 Å². The molecular formula is C14H20F3N3. The number of hydrogen-bond donors (Lipinski definition) is 1. The van der Waals surface area contributed by atoms with Gasteiger partial charge in [0.05, 0.1) is 5.56 Å². The number of piperazine rings is 1. The number of alkyl halides is 3. The van der Waals surface area contributed by atoms with E-state index >= 15 is 0 Å². The van der Waals surface area contributed by atoms with Crippen molar-refractivity contribution in [1.29, 1.82) is 0 Å². The molecule has 6 heteroatoms. The molecule has 0 radical (unpaired) electrons. The van der Waals surface area contributed by atoms with E-state index in [1.165, 1.54) is 12.1 Å². The number of rotatable bonds is 3. The number of nitrogens with zero attached hydrogens (tertiary/aromatic N) is 2. The Bertz CT molecular complexity index is 438. The number of anilines is 1. The Hall–Kier alpha value is -1.27. The van der Waals surface area contributed by atoms with Gasteiger partial charge in [-0.2, -0.15) is 13.2 Å². The summed E-state index contributed by atoms with van der Waals surface area (Å²) in [7, 11) is 0. The van der Waals surface area contributed by atoms with Gasteiger partial charge >= 0.3 is 6.18 Å². The van der Waals surface area contributed by atoms with E-state index in [1.54, 1.807) is 6.07 Å². The molecule has 0 unspecified atom stereocenters. The fourth-order valence-corrected chi connectivity index (χ4v) is 2.47. The molecule has 2 N–H and O–H groups in total. The number of benzene rings is 1. The molecular weight excluding hydrogens is 267 g/mol. The van der Waals surface area contributed by atoms with Crippen LogP contribution in [-0.2, 0) is 6.18 Å². The smallest absolute Gasteiger partial charge is 0.369 e. The summed E-state index contributed by atoms with van der Waals surface area (Å²) in [5, 5.41) is 0. The second-order valence-corrected chi connectivity index (χ2v) is 5.31. The van der Waals surface area contributed by atoms with Crippen LogP contribution in [0.25, 0.3) is 0 Å². The van der Waals surface area contributed by atoms with Crippen molar-refractivity contribution in [3.8, 4) is 0 Å². The first kappa shape index (κ1) is 15.1. The number of hydrogen-bond acceptors (Lipinski definition) is 3. The quantitative estimate of drug-likeness (QED) is 0.925. The lowest BCUT2D eigenvalue weighted by atomic mass is 10.1. The zero-order chi connectivity index (χ0) is 14.8. The van der Waals surface area contributed by atoms with Gasteiger partial charge in [-0.1, -0.05) is 6.07 Å². The molecule has 0 aromatic heterocycles. The lowest BCUT2D eigenvalue weighted by molar-refractivity contribution is -0.137. The molecule has 1 aliphatic heterocycles. The van der Waals surface area contributed by atoms with Crippen molar-refractivity contribution < 1.29 is 13.2 Å². The highest BCUT2D eigenvalue weighted by atomic mass is 19.4. The Morgan fingerprint density at radius 2 is 1.85 bits per heavy atom. The molecule has 1 fully saturated rings. The molecule has 2 rings (SSSR count). The summed E-state index contributed by atoms with van der Waals surface area (Å²) in [6, 6.07) is 5.65. The Balaban J connectivity index is 2.00. The van der Waals surface area contributed by atoms with Gasteiger partial charge in [-0.15, -0.1) is 0 Å². The first-order valence-corrected chi connectivity index (χ1v) is 6.76. The number of nitrogens with two attached hydrogens (primary N) is 1. The van der Waals surface area contributed by atoms with E-state index in [9.17, 15) is 13.2 Å². The molecule has 1 atom stereocenters. The van der Waals surface area contributed by atoms with E-state index in [-0.39, 0.29) is 6.04 Å². The summed E-state index contributed by atoms with van der Waals surface area (Å²) in [6.07, 6.45) is -4.28. The monoisotopic (exact) mass is 287 g/mol. The molecule has 1 saturated heterocycles. The van der Waals surface area contributed by atoms with Crippen molar-refractivity contribution in [2.24, 2.45) is 5.73 Å². The summed E-state index contributed by atoms with van der Waals surface area (Å²) in [6.45, 7) is 5.91. The SMILES string of the molecule is C[C@@H](N)CN1CCN(c2cccc(C(F)(F)F)c2)CC1. The van der Waals surface area contributed by atoms with Crippen LogP contribution in [0.1, 0.15) is 12.5 Å². The Morgan fingerprint density at radius 1 is 1.20 bits per heavy atom. The third-order valence-corrected chi connectivity index (χ3v) is 3.46. The predicted octanol–water partition coefficient (Wildman–Crippen LogP) is 2.17. The zero-order valence-electron chi connectivity index (χ0n) is 11.5. The van der Waals surface area contributed by atoms with Gasteiger partial charge in [-0.05, 0) is 25.1 Å². The van der Waals surface area contributed by atoms with Gasteiger partial charge in [0.1, 0.15) is 0 Å². The van der Waals surface area contributed by atoms with Crippen molar-refractivity contribution in [2.45, 2.75) is 19.1 Å². The predicted molar refractivity (Wildman–Crippen MR) is 73.7 cm³/mol. The van der Waals surface area contributed by atoms with E-state index in [4.69, 9.17) is 5.73 Å². The fourth-order valence-electron chi connectivity index (χ4n) is 2.47. The molecule has 112 valence electrons. The molecule has 1 heterocycles. The van der Waals surface area contributed by atoms with Gasteiger partial charge in [0.2, 0.25) is 0 Å². The van der Waals surface area contributed by atoms with Crippen molar-refractivity contribution in [3.63, 3.8) is 0 Å². The van der Waals surface area contributed by atoms with Crippen LogP contribution in [0, 0.1) is 0 Å². The summed E-state index contributed by atoms with van der Waals surface area (Å²) in [5.41, 5.74) is 5.81. The van der Waals surface area contributed by atoms with E-state index in [2.05, 4.69) is 4.90 Å². The maximum absolute atomic E-state index is 12.7. The molecule has 1 aromatic carbocycles.